The van der Waals surface area contributed by atoms with E-state index in [1.54, 1.807) is 30.2 Å². The van der Waals surface area contributed by atoms with Crippen molar-refractivity contribution < 1.29 is 19.0 Å². The van der Waals surface area contributed by atoms with Crippen LogP contribution in [0.4, 0.5) is 4.39 Å². The summed E-state index contributed by atoms with van der Waals surface area (Å²) in [5, 5.41) is 10.5. The first-order valence-electron chi connectivity index (χ1n) is 8.82. The summed E-state index contributed by atoms with van der Waals surface area (Å²) in [7, 11) is 1.86. The SMILES string of the molecule is CC(Oc1cccc(F)c1)C(=O)N1CCC(C(O)c2nccn2C)CC1. The molecule has 1 aromatic heterocycles. The summed E-state index contributed by atoms with van der Waals surface area (Å²) in [6.45, 7) is 2.78. The minimum Gasteiger partial charge on any atom is -0.481 e. The fourth-order valence-corrected chi connectivity index (χ4v) is 3.36. The molecule has 2 aromatic rings. The zero-order chi connectivity index (χ0) is 18.7. The van der Waals surface area contributed by atoms with Gasteiger partial charge < -0.3 is 19.3 Å². The molecule has 2 unspecified atom stereocenters. The molecule has 1 fully saturated rings. The summed E-state index contributed by atoms with van der Waals surface area (Å²) in [6, 6.07) is 5.77. The Labute approximate surface area is 152 Å². The quantitative estimate of drug-likeness (QED) is 0.887. The summed E-state index contributed by atoms with van der Waals surface area (Å²) >= 11 is 0. The van der Waals surface area contributed by atoms with Crippen molar-refractivity contribution in [3.05, 3.63) is 48.3 Å². The lowest BCUT2D eigenvalue weighted by molar-refractivity contribution is -0.140. The Bertz CT molecular complexity index is 756. The van der Waals surface area contributed by atoms with Crippen LogP contribution in [0.3, 0.4) is 0 Å². The predicted octanol–water partition coefficient (Wildman–Crippen LogP) is 2.30. The van der Waals surface area contributed by atoms with Gasteiger partial charge in [0.15, 0.2) is 6.10 Å². The molecule has 140 valence electrons. The molecule has 1 aliphatic rings. The molecule has 1 aromatic carbocycles. The predicted molar refractivity (Wildman–Crippen MR) is 94.0 cm³/mol. The summed E-state index contributed by atoms with van der Waals surface area (Å²) in [5.74, 6) is 0.536. The molecular formula is C19H24FN3O3. The number of aliphatic hydroxyl groups excluding tert-OH is 1. The minimum absolute atomic E-state index is 0.0691. The molecule has 1 amide bonds. The number of benzene rings is 1. The van der Waals surface area contributed by atoms with Crippen molar-refractivity contribution in [1.82, 2.24) is 14.5 Å². The van der Waals surface area contributed by atoms with Gasteiger partial charge in [0.1, 0.15) is 23.5 Å². The number of hydrogen-bond donors (Lipinski definition) is 1. The van der Waals surface area contributed by atoms with Gasteiger partial charge in [0, 0.05) is 38.6 Å². The topological polar surface area (TPSA) is 67.6 Å². The molecule has 26 heavy (non-hydrogen) atoms. The highest BCUT2D eigenvalue weighted by molar-refractivity contribution is 5.81. The van der Waals surface area contributed by atoms with E-state index in [1.807, 2.05) is 17.8 Å². The first kappa shape index (κ1) is 18.4. The molecule has 2 heterocycles. The molecule has 2 atom stereocenters. The van der Waals surface area contributed by atoms with E-state index in [-0.39, 0.29) is 11.8 Å². The lowest BCUT2D eigenvalue weighted by atomic mass is 9.90. The van der Waals surface area contributed by atoms with Crippen LogP contribution in [0.1, 0.15) is 31.7 Å². The van der Waals surface area contributed by atoms with Gasteiger partial charge in [0.2, 0.25) is 0 Å². The van der Waals surface area contributed by atoms with Crippen molar-refractivity contribution in [3.63, 3.8) is 0 Å². The number of aryl methyl sites for hydroxylation is 1. The second-order valence-corrected chi connectivity index (χ2v) is 6.72. The molecular weight excluding hydrogens is 337 g/mol. The summed E-state index contributed by atoms with van der Waals surface area (Å²) < 4.78 is 20.6. The minimum atomic E-state index is -0.687. The third-order valence-electron chi connectivity index (χ3n) is 4.88. The average Bonchev–Trinajstić information content (AvgIpc) is 3.06. The van der Waals surface area contributed by atoms with Crippen LogP contribution in [-0.2, 0) is 11.8 Å². The van der Waals surface area contributed by atoms with E-state index in [9.17, 15) is 14.3 Å². The molecule has 0 spiro atoms. The van der Waals surface area contributed by atoms with Crippen LogP contribution in [-0.4, -0.2) is 44.7 Å². The van der Waals surface area contributed by atoms with Crippen molar-refractivity contribution in [2.45, 2.75) is 32.0 Å². The monoisotopic (exact) mass is 361 g/mol. The summed E-state index contributed by atoms with van der Waals surface area (Å²) in [6.07, 6.45) is 3.56. The number of aromatic nitrogens is 2. The first-order chi connectivity index (χ1) is 12.5. The van der Waals surface area contributed by atoms with E-state index in [2.05, 4.69) is 4.98 Å². The first-order valence-corrected chi connectivity index (χ1v) is 8.82. The smallest absolute Gasteiger partial charge is 0.263 e. The Hall–Kier alpha value is -2.41. The Kier molecular flexibility index (Phi) is 5.56. The summed E-state index contributed by atoms with van der Waals surface area (Å²) in [5.41, 5.74) is 0. The number of imidazole rings is 1. The Morgan fingerprint density at radius 1 is 1.38 bits per heavy atom. The highest BCUT2D eigenvalue weighted by Gasteiger charge is 2.32. The fourth-order valence-electron chi connectivity index (χ4n) is 3.36. The van der Waals surface area contributed by atoms with Crippen LogP contribution in [0.15, 0.2) is 36.7 Å². The Balaban J connectivity index is 1.54. The van der Waals surface area contributed by atoms with Gasteiger partial charge in [-0.2, -0.15) is 0 Å². The second-order valence-electron chi connectivity index (χ2n) is 6.72. The van der Waals surface area contributed by atoms with E-state index in [4.69, 9.17) is 4.74 Å². The number of likely N-dealkylation sites (tertiary alicyclic amines) is 1. The van der Waals surface area contributed by atoms with Crippen LogP contribution in [0.2, 0.25) is 0 Å². The van der Waals surface area contributed by atoms with E-state index in [1.165, 1.54) is 12.1 Å². The van der Waals surface area contributed by atoms with Gasteiger partial charge in [-0.05, 0) is 37.8 Å². The van der Waals surface area contributed by atoms with Gasteiger partial charge in [0.25, 0.3) is 5.91 Å². The molecule has 1 aliphatic heterocycles. The highest BCUT2D eigenvalue weighted by Crippen LogP contribution is 2.30. The molecule has 0 aliphatic carbocycles. The highest BCUT2D eigenvalue weighted by atomic mass is 19.1. The van der Waals surface area contributed by atoms with Crippen molar-refractivity contribution in [3.8, 4) is 5.75 Å². The number of hydrogen-bond acceptors (Lipinski definition) is 4. The third-order valence-corrected chi connectivity index (χ3v) is 4.88. The van der Waals surface area contributed by atoms with Gasteiger partial charge in [-0.25, -0.2) is 9.37 Å². The normalized spacial score (nSPS) is 17.8. The van der Waals surface area contributed by atoms with Gasteiger partial charge in [-0.15, -0.1) is 0 Å². The molecule has 3 rings (SSSR count). The van der Waals surface area contributed by atoms with E-state index < -0.39 is 18.0 Å². The number of amides is 1. The Morgan fingerprint density at radius 3 is 2.73 bits per heavy atom. The number of halogens is 1. The van der Waals surface area contributed by atoms with Crippen LogP contribution < -0.4 is 4.74 Å². The van der Waals surface area contributed by atoms with Crippen LogP contribution in [0.25, 0.3) is 0 Å². The number of ether oxygens (including phenoxy) is 1. The molecule has 1 N–H and O–H groups in total. The molecule has 0 radical (unpaired) electrons. The lowest BCUT2D eigenvalue weighted by Gasteiger charge is -2.35. The molecule has 1 saturated heterocycles. The second kappa shape index (κ2) is 7.86. The third kappa shape index (κ3) is 4.04. The number of piperidine rings is 1. The van der Waals surface area contributed by atoms with Crippen molar-refractivity contribution >= 4 is 5.91 Å². The maximum absolute atomic E-state index is 13.2. The molecule has 0 bridgehead atoms. The maximum atomic E-state index is 13.2. The molecule has 7 heteroatoms. The van der Waals surface area contributed by atoms with Gasteiger partial charge >= 0.3 is 0 Å². The maximum Gasteiger partial charge on any atom is 0.263 e. The fraction of sp³-hybridized carbons (Fsp3) is 0.474. The van der Waals surface area contributed by atoms with Crippen molar-refractivity contribution in [2.24, 2.45) is 13.0 Å². The average molecular weight is 361 g/mol. The number of carbonyl (C=O) groups is 1. The number of carbonyl (C=O) groups excluding carboxylic acids is 1. The zero-order valence-electron chi connectivity index (χ0n) is 15.0. The standard InChI is InChI=1S/C19H24FN3O3/c1-13(26-16-5-3-4-15(20)12-16)19(25)23-9-6-14(7-10-23)17(24)18-21-8-11-22(18)2/h3-5,8,11-14,17,24H,6-7,9-10H2,1-2H3. The van der Waals surface area contributed by atoms with Crippen molar-refractivity contribution in [2.75, 3.05) is 13.1 Å². The number of aliphatic hydroxyl groups is 1. The molecule has 0 saturated carbocycles. The largest absolute Gasteiger partial charge is 0.481 e. The van der Waals surface area contributed by atoms with Gasteiger partial charge in [0.05, 0.1) is 0 Å². The van der Waals surface area contributed by atoms with E-state index in [0.29, 0.717) is 37.5 Å². The van der Waals surface area contributed by atoms with E-state index in [0.717, 1.165) is 0 Å². The Morgan fingerprint density at radius 2 is 2.12 bits per heavy atom. The lowest BCUT2D eigenvalue weighted by Crippen LogP contribution is -2.45. The van der Waals surface area contributed by atoms with Crippen LogP contribution in [0.5, 0.6) is 5.75 Å². The van der Waals surface area contributed by atoms with Crippen LogP contribution >= 0.6 is 0 Å². The van der Waals surface area contributed by atoms with Gasteiger partial charge in [-0.1, -0.05) is 6.07 Å². The number of nitrogens with zero attached hydrogens (tertiary/aromatic N) is 3. The van der Waals surface area contributed by atoms with Crippen molar-refractivity contribution in [1.29, 1.82) is 0 Å². The van der Waals surface area contributed by atoms with Crippen LogP contribution in [0, 0.1) is 11.7 Å². The van der Waals surface area contributed by atoms with Gasteiger partial charge in [-0.3, -0.25) is 4.79 Å². The number of rotatable bonds is 5. The van der Waals surface area contributed by atoms with E-state index >= 15 is 0 Å². The molecule has 6 nitrogen and oxygen atoms in total. The summed E-state index contributed by atoms with van der Waals surface area (Å²) in [4.78, 5) is 18.5. The zero-order valence-corrected chi connectivity index (χ0v) is 15.0.